The lowest BCUT2D eigenvalue weighted by Gasteiger charge is -2.10. The number of thioether (sulfide) groups is 1. The highest BCUT2D eigenvalue weighted by molar-refractivity contribution is 7.99. The standard InChI is InChI=1S/C23H25N5O4S2/c1-5-11-28-20(15-9-7-6-8-10-15)26-27-23(28)33-12-16(29)25-21-17(22(31)32-13(2)3)14(4)18(34-21)19(24)30/h5-10,13H,1,11-12H2,2-4H3,(H2,24,30)(H,25,29). The first-order valence-electron chi connectivity index (χ1n) is 10.4. The number of primary amides is 1. The predicted molar refractivity (Wildman–Crippen MR) is 133 cm³/mol. The molecule has 1 aromatic carbocycles. The van der Waals surface area contributed by atoms with E-state index in [1.807, 2.05) is 34.9 Å². The average Bonchev–Trinajstić information content (AvgIpc) is 3.33. The molecule has 0 fully saturated rings. The zero-order valence-electron chi connectivity index (χ0n) is 19.0. The van der Waals surface area contributed by atoms with E-state index in [2.05, 4.69) is 22.1 Å². The number of allylic oxidation sites excluding steroid dienone is 1. The summed E-state index contributed by atoms with van der Waals surface area (Å²) >= 11 is 2.15. The van der Waals surface area contributed by atoms with Gasteiger partial charge in [0.25, 0.3) is 5.91 Å². The van der Waals surface area contributed by atoms with Gasteiger partial charge in [0.05, 0.1) is 22.3 Å². The minimum atomic E-state index is -0.679. The van der Waals surface area contributed by atoms with E-state index in [4.69, 9.17) is 10.5 Å². The van der Waals surface area contributed by atoms with E-state index in [0.29, 0.717) is 23.1 Å². The van der Waals surface area contributed by atoms with Gasteiger partial charge in [-0.2, -0.15) is 0 Å². The van der Waals surface area contributed by atoms with Crippen LogP contribution >= 0.6 is 23.1 Å². The molecule has 2 heterocycles. The number of benzene rings is 1. The molecular formula is C23H25N5O4S2. The van der Waals surface area contributed by atoms with Crippen molar-refractivity contribution in [3.8, 4) is 11.4 Å². The number of hydrogen-bond acceptors (Lipinski definition) is 8. The smallest absolute Gasteiger partial charge is 0.341 e. The molecule has 2 amide bonds. The van der Waals surface area contributed by atoms with Crippen LogP contribution in [0, 0.1) is 6.92 Å². The number of nitrogens with zero attached hydrogens (tertiary/aromatic N) is 3. The van der Waals surface area contributed by atoms with E-state index in [0.717, 1.165) is 16.9 Å². The number of anilines is 1. The number of nitrogens with two attached hydrogens (primary N) is 1. The lowest BCUT2D eigenvalue weighted by atomic mass is 10.1. The van der Waals surface area contributed by atoms with Crippen molar-refractivity contribution in [3.05, 3.63) is 59.0 Å². The van der Waals surface area contributed by atoms with Crippen molar-refractivity contribution < 1.29 is 19.1 Å². The van der Waals surface area contributed by atoms with E-state index in [1.165, 1.54) is 11.8 Å². The van der Waals surface area contributed by atoms with Crippen LogP contribution in [0.5, 0.6) is 0 Å². The number of nitrogens with one attached hydrogen (secondary N) is 1. The maximum absolute atomic E-state index is 12.7. The van der Waals surface area contributed by atoms with Crippen LogP contribution in [-0.2, 0) is 16.1 Å². The van der Waals surface area contributed by atoms with Crippen LogP contribution in [0.1, 0.15) is 39.4 Å². The minimum Gasteiger partial charge on any atom is -0.459 e. The average molecular weight is 500 g/mol. The van der Waals surface area contributed by atoms with Crippen LogP contribution in [0.15, 0.2) is 48.1 Å². The fourth-order valence-electron chi connectivity index (χ4n) is 3.14. The highest BCUT2D eigenvalue weighted by atomic mass is 32.2. The topological polar surface area (TPSA) is 129 Å². The van der Waals surface area contributed by atoms with E-state index in [9.17, 15) is 14.4 Å². The molecule has 0 bridgehead atoms. The highest BCUT2D eigenvalue weighted by Gasteiger charge is 2.26. The maximum atomic E-state index is 12.7. The zero-order valence-corrected chi connectivity index (χ0v) is 20.7. The van der Waals surface area contributed by atoms with E-state index in [1.54, 1.807) is 26.8 Å². The molecule has 3 rings (SSSR count). The maximum Gasteiger partial charge on any atom is 0.341 e. The van der Waals surface area contributed by atoms with Crippen LogP contribution in [0.25, 0.3) is 11.4 Å². The van der Waals surface area contributed by atoms with Crippen molar-refractivity contribution in [3.63, 3.8) is 0 Å². The SMILES string of the molecule is C=CCn1c(SCC(=O)Nc2sc(C(N)=O)c(C)c2C(=O)OC(C)C)nnc1-c1ccccc1. The summed E-state index contributed by atoms with van der Waals surface area (Å²) in [6, 6.07) is 9.59. The van der Waals surface area contributed by atoms with Gasteiger partial charge in [-0.05, 0) is 26.3 Å². The molecule has 178 valence electrons. The van der Waals surface area contributed by atoms with Gasteiger partial charge in [0.2, 0.25) is 5.91 Å². The van der Waals surface area contributed by atoms with Gasteiger partial charge in [0, 0.05) is 12.1 Å². The molecule has 0 unspecified atom stereocenters. The van der Waals surface area contributed by atoms with Crippen LogP contribution in [-0.4, -0.2) is 44.4 Å². The Hall–Kier alpha value is -3.44. The van der Waals surface area contributed by atoms with E-state index >= 15 is 0 Å². The number of carbonyl (C=O) groups excluding carboxylic acids is 3. The monoisotopic (exact) mass is 499 g/mol. The van der Waals surface area contributed by atoms with Crippen LogP contribution in [0.2, 0.25) is 0 Å². The first-order valence-corrected chi connectivity index (χ1v) is 12.2. The fraction of sp³-hybridized carbons (Fsp3) is 0.261. The summed E-state index contributed by atoms with van der Waals surface area (Å²) in [4.78, 5) is 37.3. The molecule has 0 radical (unpaired) electrons. The molecule has 0 aliphatic rings. The highest BCUT2D eigenvalue weighted by Crippen LogP contribution is 2.34. The normalized spacial score (nSPS) is 10.8. The number of amides is 2. The second-order valence-electron chi connectivity index (χ2n) is 7.49. The number of esters is 1. The molecule has 3 aromatic rings. The van der Waals surface area contributed by atoms with Gasteiger partial charge >= 0.3 is 5.97 Å². The van der Waals surface area contributed by atoms with Crippen LogP contribution < -0.4 is 11.1 Å². The fourth-order valence-corrected chi connectivity index (χ4v) is 4.95. The Morgan fingerprint density at radius 3 is 2.59 bits per heavy atom. The Morgan fingerprint density at radius 2 is 1.97 bits per heavy atom. The zero-order chi connectivity index (χ0) is 24.8. The lowest BCUT2D eigenvalue weighted by molar-refractivity contribution is -0.113. The van der Waals surface area contributed by atoms with E-state index < -0.39 is 11.9 Å². The number of ether oxygens (including phenoxy) is 1. The Labute approximate surface area is 205 Å². The number of aromatic nitrogens is 3. The molecule has 9 nitrogen and oxygen atoms in total. The molecule has 0 atom stereocenters. The molecule has 0 aliphatic heterocycles. The summed E-state index contributed by atoms with van der Waals surface area (Å²) in [6.45, 7) is 9.29. The van der Waals surface area contributed by atoms with E-state index in [-0.39, 0.29) is 33.2 Å². The second kappa shape index (κ2) is 11.1. The summed E-state index contributed by atoms with van der Waals surface area (Å²) in [7, 11) is 0. The third-order valence-corrected chi connectivity index (χ3v) is 6.75. The molecule has 34 heavy (non-hydrogen) atoms. The van der Waals surface area contributed by atoms with Crippen LogP contribution in [0.3, 0.4) is 0 Å². The Morgan fingerprint density at radius 1 is 1.26 bits per heavy atom. The molecule has 2 aromatic heterocycles. The summed E-state index contributed by atoms with van der Waals surface area (Å²) in [5, 5.41) is 12.0. The lowest BCUT2D eigenvalue weighted by Crippen LogP contribution is -2.18. The van der Waals surface area contributed by atoms with Gasteiger partial charge in [0.1, 0.15) is 5.00 Å². The molecule has 0 spiro atoms. The number of thiophene rings is 1. The number of hydrogen-bond donors (Lipinski definition) is 2. The largest absolute Gasteiger partial charge is 0.459 e. The van der Waals surface area contributed by atoms with Gasteiger partial charge in [-0.25, -0.2) is 4.79 Å². The van der Waals surface area contributed by atoms with Crippen molar-refractivity contribution in [2.24, 2.45) is 5.73 Å². The molecule has 0 aliphatic carbocycles. The van der Waals surface area contributed by atoms with Crippen LogP contribution in [0.4, 0.5) is 5.00 Å². The second-order valence-corrected chi connectivity index (χ2v) is 9.45. The molecule has 11 heteroatoms. The van der Waals surface area contributed by atoms with Crippen molar-refractivity contribution in [2.75, 3.05) is 11.1 Å². The molecule has 3 N–H and O–H groups in total. The molecule has 0 saturated heterocycles. The van der Waals surface area contributed by atoms with Gasteiger partial charge in [-0.15, -0.1) is 28.1 Å². The first kappa shape index (κ1) is 25.2. The Kier molecular flexibility index (Phi) is 8.24. The van der Waals surface area contributed by atoms with Crippen molar-refractivity contribution in [1.82, 2.24) is 14.8 Å². The third kappa shape index (κ3) is 5.72. The predicted octanol–water partition coefficient (Wildman–Crippen LogP) is 3.90. The van der Waals surface area contributed by atoms with Gasteiger partial charge in [-0.1, -0.05) is 48.2 Å². The number of rotatable bonds is 10. The number of carbonyl (C=O) groups is 3. The quantitative estimate of drug-likeness (QED) is 0.246. The van der Waals surface area contributed by atoms with Gasteiger partial charge in [0.15, 0.2) is 11.0 Å². The van der Waals surface area contributed by atoms with Crippen molar-refractivity contribution >= 4 is 45.9 Å². The molecule has 0 saturated carbocycles. The Balaban J connectivity index is 1.79. The third-order valence-electron chi connectivity index (χ3n) is 4.56. The summed E-state index contributed by atoms with van der Waals surface area (Å²) in [5.41, 5.74) is 6.84. The van der Waals surface area contributed by atoms with Gasteiger partial charge in [-0.3, -0.25) is 14.2 Å². The Bertz CT molecular complexity index is 1220. The first-order chi connectivity index (χ1) is 16.2. The van der Waals surface area contributed by atoms with Crippen molar-refractivity contribution in [2.45, 2.75) is 38.6 Å². The van der Waals surface area contributed by atoms with Crippen molar-refractivity contribution in [1.29, 1.82) is 0 Å². The summed E-state index contributed by atoms with van der Waals surface area (Å²) in [6.07, 6.45) is 1.37. The van der Waals surface area contributed by atoms with Gasteiger partial charge < -0.3 is 15.8 Å². The summed E-state index contributed by atoms with van der Waals surface area (Å²) < 4.78 is 7.14. The summed E-state index contributed by atoms with van der Waals surface area (Å²) in [5.74, 6) is -1.01. The minimum absolute atomic E-state index is 0.00554. The molecular weight excluding hydrogens is 474 g/mol.